The van der Waals surface area contributed by atoms with E-state index in [-0.39, 0.29) is 37.9 Å². The van der Waals surface area contributed by atoms with Crippen LogP contribution in [0.4, 0.5) is 8.78 Å². The van der Waals surface area contributed by atoms with Crippen LogP contribution in [-0.4, -0.2) is 26.3 Å². The van der Waals surface area contributed by atoms with Gasteiger partial charge in [0.25, 0.3) is 0 Å². The van der Waals surface area contributed by atoms with Crippen LogP contribution in [0.2, 0.25) is 0 Å². The number of hydrogen-bond acceptors (Lipinski definition) is 0. The van der Waals surface area contributed by atoms with E-state index in [0.29, 0.717) is 0 Å². The summed E-state index contributed by atoms with van der Waals surface area (Å²) in [6, 6.07) is 13.3. The zero-order valence-corrected chi connectivity index (χ0v) is 11.6. The fourth-order valence-corrected chi connectivity index (χ4v) is 7.13. The number of halogens is 2. The second-order valence-electron chi connectivity index (χ2n) is 3.08. The molecule has 0 radical (unpaired) electrons. The molecule has 4 heteroatoms. The van der Waals surface area contributed by atoms with Crippen molar-refractivity contribution in [2.75, 3.05) is 0 Å². The van der Waals surface area contributed by atoms with E-state index in [2.05, 4.69) is 0 Å². The minimum atomic E-state index is -0.200. The van der Waals surface area contributed by atoms with Crippen LogP contribution in [0, 0.1) is 11.6 Å². The second-order valence-corrected chi connectivity index (χ2v) is 9.39. The van der Waals surface area contributed by atoms with Gasteiger partial charge >= 0.3 is 104 Å². The predicted octanol–water partition coefficient (Wildman–Crippen LogP) is 1.24. The normalized spacial score (nSPS) is 10.4. The van der Waals surface area contributed by atoms with Crippen molar-refractivity contribution in [3.05, 3.63) is 60.2 Å². The third kappa shape index (κ3) is 3.43. The summed E-state index contributed by atoms with van der Waals surface area (Å²) in [6.07, 6.45) is 0. The molecule has 0 amide bonds. The standard InChI is InChI=1S/C12H8F2Se2/c13-9-3-1-5-11(7-9)15-16-12-6-2-4-10(14)8-12/h1-8H. The zero-order valence-electron chi connectivity index (χ0n) is 8.19. The summed E-state index contributed by atoms with van der Waals surface area (Å²) in [5, 5.41) is 0. The Morgan fingerprint density at radius 3 is 1.50 bits per heavy atom. The molecule has 0 aliphatic rings. The van der Waals surface area contributed by atoms with Gasteiger partial charge in [0.1, 0.15) is 0 Å². The van der Waals surface area contributed by atoms with Gasteiger partial charge in [-0.2, -0.15) is 0 Å². The van der Waals surface area contributed by atoms with Gasteiger partial charge in [-0.25, -0.2) is 0 Å². The first kappa shape index (κ1) is 11.8. The monoisotopic (exact) mass is 350 g/mol. The first-order valence-corrected chi connectivity index (χ1v) is 10.6. The maximum atomic E-state index is 12.9. The average molecular weight is 348 g/mol. The fourth-order valence-electron chi connectivity index (χ4n) is 1.13. The molecule has 0 aliphatic heterocycles. The summed E-state index contributed by atoms with van der Waals surface area (Å²) in [5.41, 5.74) is 0. The Hall–Kier alpha value is -0.661. The van der Waals surface area contributed by atoms with E-state index in [1.165, 1.54) is 12.1 Å². The van der Waals surface area contributed by atoms with Crippen molar-refractivity contribution in [3.63, 3.8) is 0 Å². The van der Waals surface area contributed by atoms with Crippen LogP contribution in [-0.2, 0) is 0 Å². The van der Waals surface area contributed by atoms with Crippen LogP contribution in [0.1, 0.15) is 0 Å². The molecule has 0 unspecified atom stereocenters. The van der Waals surface area contributed by atoms with Crippen LogP contribution < -0.4 is 8.92 Å². The summed E-state index contributed by atoms with van der Waals surface area (Å²) in [5.74, 6) is -0.399. The van der Waals surface area contributed by atoms with E-state index in [0.717, 1.165) is 8.92 Å². The molecular formula is C12H8F2Se2. The van der Waals surface area contributed by atoms with Gasteiger partial charge in [0, 0.05) is 0 Å². The molecule has 0 spiro atoms. The maximum absolute atomic E-state index is 12.9. The topological polar surface area (TPSA) is 0 Å². The first-order chi connectivity index (χ1) is 7.74. The van der Waals surface area contributed by atoms with E-state index in [9.17, 15) is 8.78 Å². The van der Waals surface area contributed by atoms with Crippen LogP contribution >= 0.6 is 0 Å². The third-order valence-corrected chi connectivity index (χ3v) is 8.98. The molecule has 0 saturated carbocycles. The Kier molecular flexibility index (Phi) is 4.14. The van der Waals surface area contributed by atoms with Crippen LogP contribution in [0.15, 0.2) is 48.5 Å². The molecule has 0 N–H and O–H groups in total. The molecule has 2 rings (SSSR count). The molecule has 0 aliphatic carbocycles. The van der Waals surface area contributed by atoms with Crippen molar-refractivity contribution in [2.45, 2.75) is 0 Å². The Bertz CT molecular complexity index is 440. The summed E-state index contributed by atoms with van der Waals surface area (Å²) < 4.78 is 27.9. The molecule has 0 atom stereocenters. The van der Waals surface area contributed by atoms with Gasteiger partial charge in [0.05, 0.1) is 0 Å². The van der Waals surface area contributed by atoms with E-state index < -0.39 is 0 Å². The molecule has 0 heterocycles. The van der Waals surface area contributed by atoms with Crippen molar-refractivity contribution in [1.82, 2.24) is 0 Å². The van der Waals surface area contributed by atoms with Gasteiger partial charge in [-0.1, -0.05) is 0 Å². The molecule has 2 aromatic rings. The fraction of sp³-hybridized carbons (Fsp3) is 0. The number of benzene rings is 2. The molecule has 0 nitrogen and oxygen atoms in total. The Morgan fingerprint density at radius 2 is 1.12 bits per heavy atom. The van der Waals surface area contributed by atoms with Crippen molar-refractivity contribution in [2.24, 2.45) is 0 Å². The van der Waals surface area contributed by atoms with Gasteiger partial charge < -0.3 is 0 Å². The third-order valence-electron chi connectivity index (χ3n) is 1.83. The quantitative estimate of drug-likeness (QED) is 0.733. The molecule has 0 fully saturated rings. The van der Waals surface area contributed by atoms with Crippen molar-refractivity contribution in [3.8, 4) is 0 Å². The van der Waals surface area contributed by atoms with Gasteiger partial charge in [-0.15, -0.1) is 0 Å². The minimum absolute atomic E-state index is 0.200. The Morgan fingerprint density at radius 1 is 0.688 bits per heavy atom. The van der Waals surface area contributed by atoms with E-state index >= 15 is 0 Å². The first-order valence-electron chi connectivity index (χ1n) is 4.60. The van der Waals surface area contributed by atoms with Crippen molar-refractivity contribution >= 4 is 35.2 Å². The Labute approximate surface area is 104 Å². The van der Waals surface area contributed by atoms with Crippen LogP contribution in [0.3, 0.4) is 0 Å². The van der Waals surface area contributed by atoms with Crippen LogP contribution in [0.5, 0.6) is 0 Å². The molecule has 16 heavy (non-hydrogen) atoms. The summed E-state index contributed by atoms with van der Waals surface area (Å²) in [6.45, 7) is 0. The summed E-state index contributed by atoms with van der Waals surface area (Å²) >= 11 is 0.422. The zero-order chi connectivity index (χ0) is 11.4. The van der Waals surface area contributed by atoms with Gasteiger partial charge in [0.2, 0.25) is 0 Å². The molecule has 82 valence electrons. The number of rotatable bonds is 3. The molecule has 2 aromatic carbocycles. The molecule has 0 aromatic heterocycles. The predicted molar refractivity (Wildman–Crippen MR) is 63.6 cm³/mol. The van der Waals surface area contributed by atoms with Gasteiger partial charge in [0.15, 0.2) is 0 Å². The SMILES string of the molecule is Fc1cccc([Se][Se]c2cccc(F)c2)c1. The average Bonchev–Trinajstić information content (AvgIpc) is 2.27. The number of hydrogen-bond donors (Lipinski definition) is 0. The van der Waals surface area contributed by atoms with E-state index in [1.54, 1.807) is 24.3 Å². The van der Waals surface area contributed by atoms with E-state index in [1.807, 2.05) is 12.1 Å². The van der Waals surface area contributed by atoms with E-state index in [4.69, 9.17) is 0 Å². The van der Waals surface area contributed by atoms with Gasteiger partial charge in [-0.05, 0) is 0 Å². The molecule has 0 saturated heterocycles. The second kappa shape index (κ2) is 5.60. The van der Waals surface area contributed by atoms with Crippen molar-refractivity contribution in [1.29, 1.82) is 0 Å². The van der Waals surface area contributed by atoms with Crippen molar-refractivity contribution < 1.29 is 8.78 Å². The Balaban J connectivity index is 2.02. The summed E-state index contributed by atoms with van der Waals surface area (Å²) in [7, 11) is 0. The van der Waals surface area contributed by atoms with Gasteiger partial charge in [-0.3, -0.25) is 0 Å². The molecule has 0 bridgehead atoms. The summed E-state index contributed by atoms with van der Waals surface area (Å²) in [4.78, 5) is 0. The molecular weight excluding hydrogens is 340 g/mol. The van der Waals surface area contributed by atoms with Crippen LogP contribution in [0.25, 0.3) is 0 Å².